The zero-order chi connectivity index (χ0) is 14.3. The third-order valence-corrected chi connectivity index (χ3v) is 3.32. The van der Waals surface area contributed by atoms with Gasteiger partial charge in [-0.3, -0.25) is 4.79 Å². The molecule has 0 saturated heterocycles. The number of para-hydroxylation sites is 1. The molecule has 1 rings (SSSR count). The fourth-order valence-electron chi connectivity index (χ4n) is 1.98. The number of carbonyl (C=O) groups excluding carboxylic acids is 1. The van der Waals surface area contributed by atoms with Gasteiger partial charge < -0.3 is 10.6 Å². The Balaban J connectivity index is 2.79. The molecule has 0 heterocycles. The van der Waals surface area contributed by atoms with Crippen LogP contribution in [0.3, 0.4) is 0 Å². The van der Waals surface area contributed by atoms with E-state index in [1.54, 1.807) is 12.1 Å². The molecular weight excluding hydrogens is 243 g/mol. The first kappa shape index (κ1) is 15.5. The fourth-order valence-corrected chi connectivity index (χ4v) is 1.98. The third-order valence-electron chi connectivity index (χ3n) is 3.32. The van der Waals surface area contributed by atoms with E-state index in [2.05, 4.69) is 24.5 Å². The van der Waals surface area contributed by atoms with Gasteiger partial charge in [0.15, 0.2) is 0 Å². The summed E-state index contributed by atoms with van der Waals surface area (Å²) in [5, 5.41) is 5.79. The Morgan fingerprint density at radius 1 is 1.26 bits per heavy atom. The second-order valence-electron chi connectivity index (χ2n) is 4.59. The molecule has 3 nitrogen and oxygen atoms in total. The molecule has 1 amide bonds. The predicted octanol–water partition coefficient (Wildman–Crippen LogP) is 3.42. The summed E-state index contributed by atoms with van der Waals surface area (Å²) in [5.41, 5.74) is 0.653. The van der Waals surface area contributed by atoms with Crippen molar-refractivity contribution in [2.24, 2.45) is 5.92 Å². The highest BCUT2D eigenvalue weighted by Crippen LogP contribution is 2.19. The van der Waals surface area contributed by atoms with Gasteiger partial charge in [0.1, 0.15) is 5.82 Å². The van der Waals surface area contributed by atoms with Gasteiger partial charge in [0.05, 0.1) is 11.3 Å². The van der Waals surface area contributed by atoms with Crippen molar-refractivity contribution >= 4 is 11.6 Å². The van der Waals surface area contributed by atoms with E-state index < -0.39 is 5.82 Å². The van der Waals surface area contributed by atoms with Crippen molar-refractivity contribution in [1.29, 1.82) is 0 Å². The largest absolute Gasteiger partial charge is 0.382 e. The summed E-state index contributed by atoms with van der Waals surface area (Å²) >= 11 is 0. The summed E-state index contributed by atoms with van der Waals surface area (Å²) in [6.45, 7) is 7.29. The fraction of sp³-hybridized carbons (Fsp3) is 0.533. The van der Waals surface area contributed by atoms with Crippen LogP contribution in [0.15, 0.2) is 18.2 Å². The maximum atomic E-state index is 13.7. The molecule has 106 valence electrons. The average molecular weight is 266 g/mol. The molecule has 0 spiro atoms. The number of anilines is 1. The number of hydrogen-bond acceptors (Lipinski definition) is 2. The van der Waals surface area contributed by atoms with Crippen molar-refractivity contribution in [2.75, 3.05) is 18.4 Å². The highest BCUT2D eigenvalue weighted by molar-refractivity contribution is 5.99. The highest BCUT2D eigenvalue weighted by Gasteiger charge is 2.15. The molecule has 0 unspecified atom stereocenters. The van der Waals surface area contributed by atoms with Crippen LogP contribution < -0.4 is 10.6 Å². The minimum atomic E-state index is -0.392. The standard InChI is InChI=1S/C15H23FN2O/c1-4-11(5-2)10-18-15(19)12-8-7-9-13(16)14(12)17-6-3/h7-9,11,17H,4-6,10H2,1-3H3,(H,18,19). The lowest BCUT2D eigenvalue weighted by atomic mass is 10.0. The van der Waals surface area contributed by atoms with Gasteiger partial charge in [0.2, 0.25) is 0 Å². The number of carbonyl (C=O) groups is 1. The van der Waals surface area contributed by atoms with Crippen molar-refractivity contribution < 1.29 is 9.18 Å². The van der Waals surface area contributed by atoms with Gasteiger partial charge in [-0.2, -0.15) is 0 Å². The number of hydrogen-bond donors (Lipinski definition) is 2. The van der Waals surface area contributed by atoms with E-state index in [9.17, 15) is 9.18 Å². The molecule has 0 saturated carbocycles. The van der Waals surface area contributed by atoms with Crippen LogP contribution in [0, 0.1) is 11.7 Å². The zero-order valence-electron chi connectivity index (χ0n) is 11.9. The normalized spacial score (nSPS) is 10.6. The molecule has 2 N–H and O–H groups in total. The number of rotatable bonds is 7. The van der Waals surface area contributed by atoms with Gasteiger partial charge in [0.25, 0.3) is 5.91 Å². The van der Waals surface area contributed by atoms with Crippen molar-refractivity contribution in [2.45, 2.75) is 33.6 Å². The van der Waals surface area contributed by atoms with Crippen LogP contribution in [0.4, 0.5) is 10.1 Å². The topological polar surface area (TPSA) is 41.1 Å². The van der Waals surface area contributed by atoms with Gasteiger partial charge in [-0.25, -0.2) is 4.39 Å². The molecule has 1 aromatic rings. The molecule has 0 aromatic heterocycles. The van der Waals surface area contributed by atoms with E-state index in [4.69, 9.17) is 0 Å². The Kier molecular flexibility index (Phi) is 6.33. The summed E-state index contributed by atoms with van der Waals surface area (Å²) in [5.74, 6) is -0.139. The van der Waals surface area contributed by atoms with Gasteiger partial charge in [0, 0.05) is 13.1 Å². The molecule has 0 radical (unpaired) electrons. The van der Waals surface area contributed by atoms with E-state index in [0.717, 1.165) is 12.8 Å². The van der Waals surface area contributed by atoms with Crippen molar-refractivity contribution in [3.8, 4) is 0 Å². The van der Waals surface area contributed by atoms with Crippen molar-refractivity contribution in [3.05, 3.63) is 29.6 Å². The van der Waals surface area contributed by atoms with E-state index in [1.807, 2.05) is 6.92 Å². The lowest BCUT2D eigenvalue weighted by Crippen LogP contribution is -2.29. The molecule has 0 aliphatic heterocycles. The summed E-state index contributed by atoms with van der Waals surface area (Å²) < 4.78 is 13.7. The maximum Gasteiger partial charge on any atom is 0.253 e. The van der Waals surface area contributed by atoms with Crippen molar-refractivity contribution in [1.82, 2.24) is 5.32 Å². The van der Waals surface area contributed by atoms with Crippen LogP contribution in [0.5, 0.6) is 0 Å². The van der Waals surface area contributed by atoms with Crippen molar-refractivity contribution in [3.63, 3.8) is 0 Å². The second kappa shape index (κ2) is 7.77. The average Bonchev–Trinajstić information content (AvgIpc) is 2.42. The van der Waals surface area contributed by atoms with Crippen LogP contribution in [0.2, 0.25) is 0 Å². The zero-order valence-corrected chi connectivity index (χ0v) is 11.9. The van der Waals surface area contributed by atoms with Crippen LogP contribution in [-0.4, -0.2) is 19.0 Å². The molecule has 19 heavy (non-hydrogen) atoms. The van der Waals surface area contributed by atoms with E-state index in [1.165, 1.54) is 6.07 Å². The smallest absolute Gasteiger partial charge is 0.253 e. The van der Waals surface area contributed by atoms with Crippen LogP contribution in [0.1, 0.15) is 44.0 Å². The Labute approximate surface area is 114 Å². The SMILES string of the molecule is CCNc1c(F)cccc1C(=O)NCC(CC)CC. The van der Waals surface area contributed by atoms with Gasteiger partial charge in [-0.05, 0) is 25.0 Å². The molecule has 0 aliphatic rings. The van der Waals surface area contributed by atoms with Gasteiger partial charge in [-0.1, -0.05) is 32.8 Å². The minimum absolute atomic E-state index is 0.220. The minimum Gasteiger partial charge on any atom is -0.382 e. The number of halogens is 1. The van der Waals surface area contributed by atoms with Crippen LogP contribution >= 0.6 is 0 Å². The molecular formula is C15H23FN2O. The molecule has 1 aromatic carbocycles. The van der Waals surface area contributed by atoms with Gasteiger partial charge >= 0.3 is 0 Å². The summed E-state index contributed by atoms with van der Waals surface area (Å²) in [6.07, 6.45) is 2.06. The predicted molar refractivity (Wildman–Crippen MR) is 77.0 cm³/mol. The van der Waals surface area contributed by atoms with E-state index in [0.29, 0.717) is 24.6 Å². The first-order valence-corrected chi connectivity index (χ1v) is 6.94. The lowest BCUT2D eigenvalue weighted by molar-refractivity contribution is 0.0947. The van der Waals surface area contributed by atoms with E-state index >= 15 is 0 Å². The molecule has 4 heteroatoms. The summed E-state index contributed by atoms with van der Waals surface area (Å²) in [4.78, 5) is 12.1. The monoisotopic (exact) mass is 266 g/mol. The highest BCUT2D eigenvalue weighted by atomic mass is 19.1. The Morgan fingerprint density at radius 3 is 2.53 bits per heavy atom. The molecule has 0 fully saturated rings. The quantitative estimate of drug-likeness (QED) is 0.794. The maximum absolute atomic E-state index is 13.7. The third kappa shape index (κ3) is 4.23. The Hall–Kier alpha value is -1.58. The first-order valence-electron chi connectivity index (χ1n) is 6.94. The Morgan fingerprint density at radius 2 is 1.95 bits per heavy atom. The molecule has 0 atom stereocenters. The second-order valence-corrected chi connectivity index (χ2v) is 4.59. The molecule has 0 aliphatic carbocycles. The van der Waals surface area contributed by atoms with E-state index in [-0.39, 0.29) is 11.6 Å². The Bertz CT molecular complexity index is 417. The number of amides is 1. The summed E-state index contributed by atoms with van der Waals surface area (Å²) in [7, 11) is 0. The van der Waals surface area contributed by atoms with Crippen LogP contribution in [0.25, 0.3) is 0 Å². The molecule has 0 bridgehead atoms. The lowest BCUT2D eigenvalue weighted by Gasteiger charge is -2.15. The number of nitrogens with one attached hydrogen (secondary N) is 2. The summed E-state index contributed by atoms with van der Waals surface area (Å²) in [6, 6.07) is 4.56. The van der Waals surface area contributed by atoms with Gasteiger partial charge in [-0.15, -0.1) is 0 Å². The number of benzene rings is 1. The van der Waals surface area contributed by atoms with Crippen LogP contribution in [-0.2, 0) is 0 Å². The first-order chi connectivity index (χ1) is 9.13.